The van der Waals surface area contributed by atoms with E-state index in [1.54, 1.807) is 6.07 Å². The van der Waals surface area contributed by atoms with Crippen LogP contribution in [0.4, 0.5) is 4.39 Å². The topological polar surface area (TPSA) is 52.6 Å². The van der Waals surface area contributed by atoms with Crippen molar-refractivity contribution in [2.75, 3.05) is 0 Å². The third-order valence-electron chi connectivity index (χ3n) is 2.38. The first-order chi connectivity index (χ1) is 8.78. The largest absolute Gasteiger partial charge is 0.419 e. The lowest BCUT2D eigenvalue weighted by Crippen LogP contribution is -2.41. The zero-order valence-corrected chi connectivity index (χ0v) is 11.8. The van der Waals surface area contributed by atoms with Crippen LogP contribution in [0.25, 0.3) is 6.08 Å². The van der Waals surface area contributed by atoms with Crippen molar-refractivity contribution in [2.45, 2.75) is 19.6 Å². The molecule has 1 aliphatic heterocycles. The summed E-state index contributed by atoms with van der Waals surface area (Å²) < 4.78 is 24.0. The normalized spacial score (nSPS) is 17.8. The maximum absolute atomic E-state index is 13.6. The van der Waals surface area contributed by atoms with Crippen molar-refractivity contribution >= 4 is 33.9 Å². The van der Waals surface area contributed by atoms with Crippen molar-refractivity contribution in [3.8, 4) is 0 Å². The number of carbonyl (C=O) groups is 2. The van der Waals surface area contributed by atoms with Crippen LogP contribution in [0.1, 0.15) is 19.4 Å². The molecule has 19 heavy (non-hydrogen) atoms. The molecule has 0 aromatic heterocycles. The van der Waals surface area contributed by atoms with Gasteiger partial charge in [-0.3, -0.25) is 0 Å². The third-order valence-corrected chi connectivity index (χ3v) is 2.87. The van der Waals surface area contributed by atoms with Gasteiger partial charge >= 0.3 is 11.9 Å². The van der Waals surface area contributed by atoms with Gasteiger partial charge in [-0.1, -0.05) is 22.0 Å². The number of ether oxygens (including phenoxy) is 2. The number of esters is 2. The molecule has 0 bridgehead atoms. The molecule has 0 spiro atoms. The van der Waals surface area contributed by atoms with E-state index in [1.165, 1.54) is 26.0 Å². The molecule has 0 radical (unpaired) electrons. The number of carbonyl (C=O) groups excluding carboxylic acids is 2. The van der Waals surface area contributed by atoms with E-state index in [0.29, 0.717) is 4.47 Å². The van der Waals surface area contributed by atoms with Gasteiger partial charge in [0, 0.05) is 23.9 Å². The van der Waals surface area contributed by atoms with Gasteiger partial charge in [-0.15, -0.1) is 0 Å². The first kappa shape index (κ1) is 13.7. The monoisotopic (exact) mass is 328 g/mol. The molecule has 1 aromatic rings. The molecule has 1 aliphatic rings. The number of halogens is 2. The van der Waals surface area contributed by atoms with Gasteiger partial charge in [0.1, 0.15) is 11.4 Å². The number of benzene rings is 1. The van der Waals surface area contributed by atoms with Gasteiger partial charge in [-0.2, -0.15) is 0 Å². The first-order valence-corrected chi connectivity index (χ1v) is 6.21. The molecule has 1 aromatic carbocycles. The number of cyclic esters (lactones) is 2. The van der Waals surface area contributed by atoms with E-state index in [0.717, 1.165) is 6.08 Å². The van der Waals surface area contributed by atoms with E-state index in [9.17, 15) is 14.0 Å². The summed E-state index contributed by atoms with van der Waals surface area (Å²) in [6.45, 7) is 2.89. The van der Waals surface area contributed by atoms with Crippen LogP contribution in [-0.4, -0.2) is 17.7 Å². The molecule has 0 saturated carbocycles. The second kappa shape index (κ2) is 4.77. The van der Waals surface area contributed by atoms with Crippen LogP contribution in [0, 0.1) is 5.82 Å². The molecule has 100 valence electrons. The summed E-state index contributed by atoms with van der Waals surface area (Å²) in [4.78, 5) is 23.4. The Hall–Kier alpha value is -1.69. The zero-order valence-electron chi connectivity index (χ0n) is 10.2. The first-order valence-electron chi connectivity index (χ1n) is 5.42. The van der Waals surface area contributed by atoms with Crippen LogP contribution in [0.5, 0.6) is 0 Å². The van der Waals surface area contributed by atoms with E-state index in [1.807, 2.05) is 0 Å². The Morgan fingerprint density at radius 2 is 1.79 bits per heavy atom. The SMILES string of the molecule is CC1(C)OC(=O)C(=Cc2ccc(Br)cc2F)C(=O)O1. The van der Waals surface area contributed by atoms with Crippen molar-refractivity contribution in [3.63, 3.8) is 0 Å². The lowest BCUT2D eigenvalue weighted by molar-refractivity contribution is -0.222. The second-order valence-electron chi connectivity index (χ2n) is 4.40. The van der Waals surface area contributed by atoms with Crippen molar-refractivity contribution in [3.05, 3.63) is 39.6 Å². The van der Waals surface area contributed by atoms with Gasteiger partial charge in [0.15, 0.2) is 0 Å². The minimum Gasteiger partial charge on any atom is -0.419 e. The molecule has 1 heterocycles. The highest BCUT2D eigenvalue weighted by molar-refractivity contribution is 9.10. The lowest BCUT2D eigenvalue weighted by Gasteiger charge is -2.29. The zero-order chi connectivity index (χ0) is 14.2. The van der Waals surface area contributed by atoms with E-state index < -0.39 is 23.5 Å². The Morgan fingerprint density at radius 1 is 1.21 bits per heavy atom. The number of hydrogen-bond acceptors (Lipinski definition) is 4. The van der Waals surface area contributed by atoms with Crippen molar-refractivity contribution < 1.29 is 23.5 Å². The predicted molar refractivity (Wildman–Crippen MR) is 68.3 cm³/mol. The van der Waals surface area contributed by atoms with Crippen LogP contribution in [0.3, 0.4) is 0 Å². The van der Waals surface area contributed by atoms with E-state index >= 15 is 0 Å². The number of rotatable bonds is 1. The van der Waals surface area contributed by atoms with E-state index in [-0.39, 0.29) is 11.1 Å². The average Bonchev–Trinajstić information content (AvgIpc) is 2.24. The fourth-order valence-electron chi connectivity index (χ4n) is 1.55. The Balaban J connectivity index is 2.38. The molecule has 6 heteroatoms. The molecular weight excluding hydrogens is 319 g/mol. The highest BCUT2D eigenvalue weighted by Gasteiger charge is 2.38. The molecule has 1 saturated heterocycles. The maximum Gasteiger partial charge on any atom is 0.348 e. The van der Waals surface area contributed by atoms with Gasteiger partial charge in [0.05, 0.1) is 0 Å². The Morgan fingerprint density at radius 3 is 2.32 bits per heavy atom. The van der Waals surface area contributed by atoms with Gasteiger partial charge in [0.2, 0.25) is 0 Å². The van der Waals surface area contributed by atoms with Crippen molar-refractivity contribution in [2.24, 2.45) is 0 Å². The molecule has 2 rings (SSSR count). The fraction of sp³-hybridized carbons (Fsp3) is 0.231. The minimum absolute atomic E-state index is 0.104. The Bertz CT molecular complexity index is 570. The van der Waals surface area contributed by atoms with Crippen molar-refractivity contribution in [1.82, 2.24) is 0 Å². The van der Waals surface area contributed by atoms with Gasteiger partial charge in [-0.05, 0) is 18.2 Å². The summed E-state index contributed by atoms with van der Waals surface area (Å²) in [5.74, 6) is -3.52. The molecule has 0 unspecified atom stereocenters. The molecule has 0 amide bonds. The number of hydrogen-bond donors (Lipinski definition) is 0. The Labute approximate surface area is 117 Å². The molecule has 1 fully saturated rings. The van der Waals surface area contributed by atoms with E-state index in [2.05, 4.69) is 15.9 Å². The van der Waals surface area contributed by atoms with Gasteiger partial charge < -0.3 is 9.47 Å². The highest BCUT2D eigenvalue weighted by Crippen LogP contribution is 2.25. The lowest BCUT2D eigenvalue weighted by atomic mass is 10.1. The molecule has 0 N–H and O–H groups in total. The summed E-state index contributed by atoms with van der Waals surface area (Å²) in [5.41, 5.74) is -0.229. The highest BCUT2D eigenvalue weighted by atomic mass is 79.9. The second-order valence-corrected chi connectivity index (χ2v) is 5.32. The smallest absolute Gasteiger partial charge is 0.348 e. The summed E-state index contributed by atoms with van der Waals surface area (Å²) in [5, 5.41) is 0. The van der Waals surface area contributed by atoms with E-state index in [4.69, 9.17) is 9.47 Å². The summed E-state index contributed by atoms with van der Waals surface area (Å²) in [7, 11) is 0. The van der Waals surface area contributed by atoms with Gasteiger partial charge in [-0.25, -0.2) is 14.0 Å². The summed E-state index contributed by atoms with van der Waals surface area (Å²) in [6, 6.07) is 4.27. The maximum atomic E-state index is 13.6. The van der Waals surface area contributed by atoms with Crippen LogP contribution in [0.15, 0.2) is 28.2 Å². The third kappa shape index (κ3) is 3.01. The summed E-state index contributed by atoms with van der Waals surface area (Å²) in [6.07, 6.45) is 1.11. The summed E-state index contributed by atoms with van der Waals surface area (Å²) >= 11 is 3.12. The predicted octanol–water partition coefficient (Wildman–Crippen LogP) is 2.81. The fourth-order valence-corrected chi connectivity index (χ4v) is 1.89. The van der Waals surface area contributed by atoms with Crippen LogP contribution < -0.4 is 0 Å². The molecular formula is C13H10BrFO4. The molecule has 0 aliphatic carbocycles. The standard InChI is InChI=1S/C13H10BrFO4/c1-13(2)18-11(16)9(12(17)19-13)5-7-3-4-8(14)6-10(7)15/h3-6H,1-2H3. The van der Waals surface area contributed by atoms with Crippen molar-refractivity contribution in [1.29, 1.82) is 0 Å². The average molecular weight is 329 g/mol. The molecule has 4 nitrogen and oxygen atoms in total. The van der Waals surface area contributed by atoms with Gasteiger partial charge in [0.25, 0.3) is 5.79 Å². The quantitative estimate of drug-likeness (QED) is 0.452. The molecule has 0 atom stereocenters. The van der Waals surface area contributed by atoms with Crippen LogP contribution in [0.2, 0.25) is 0 Å². The van der Waals surface area contributed by atoms with Crippen LogP contribution >= 0.6 is 15.9 Å². The van der Waals surface area contributed by atoms with Crippen LogP contribution in [-0.2, 0) is 19.1 Å². The minimum atomic E-state index is -1.30. The Kier molecular flexibility index (Phi) is 3.45.